The molecule has 0 saturated carbocycles. The second-order valence-electron chi connectivity index (χ2n) is 5.63. The van der Waals surface area contributed by atoms with Crippen molar-refractivity contribution >= 4 is 27.4 Å². The number of aryl methyl sites for hydroxylation is 1. The molecule has 2 aromatic rings. The van der Waals surface area contributed by atoms with Gasteiger partial charge in [-0.3, -0.25) is 19.2 Å². The molecule has 0 heterocycles. The average molecular weight is 378 g/mol. The van der Waals surface area contributed by atoms with Crippen molar-refractivity contribution < 1.29 is 23.2 Å². The molecule has 2 rings (SSSR count). The molecule has 0 spiro atoms. The minimum atomic E-state index is -4.24. The van der Waals surface area contributed by atoms with Crippen molar-refractivity contribution in [2.75, 3.05) is 10.8 Å². The molecule has 0 bridgehead atoms. The average Bonchev–Trinajstić information content (AvgIpc) is 2.59. The number of carboxylic acid groups (broad SMARTS) is 1. The van der Waals surface area contributed by atoms with E-state index < -0.39 is 31.5 Å². The summed E-state index contributed by atoms with van der Waals surface area (Å²) in [7, 11) is -4.24. The number of carboxylic acids is 1. The standard InChI is InChI=1S/C17H18N2O6S/c1-13-8-10-14(11-9-13)18(12-4-7-17(20)21)26(24,25)16-6-3-2-5-15(16)19(22)23/h2-3,5-6,8-11H,4,7,12H2,1H3,(H,20,21). The molecule has 0 radical (unpaired) electrons. The van der Waals surface area contributed by atoms with Crippen LogP contribution in [0.2, 0.25) is 0 Å². The van der Waals surface area contributed by atoms with E-state index in [9.17, 15) is 23.3 Å². The highest BCUT2D eigenvalue weighted by molar-refractivity contribution is 7.93. The van der Waals surface area contributed by atoms with Crippen molar-refractivity contribution in [2.45, 2.75) is 24.7 Å². The Morgan fingerprint density at radius 1 is 1.15 bits per heavy atom. The minimum absolute atomic E-state index is 0.0725. The molecule has 0 fully saturated rings. The zero-order valence-electron chi connectivity index (χ0n) is 14.0. The normalized spacial score (nSPS) is 11.1. The van der Waals surface area contributed by atoms with Gasteiger partial charge in [-0.2, -0.15) is 0 Å². The van der Waals surface area contributed by atoms with Gasteiger partial charge in [0, 0.05) is 19.0 Å². The van der Waals surface area contributed by atoms with Crippen LogP contribution in [0.3, 0.4) is 0 Å². The molecular formula is C17H18N2O6S. The second-order valence-corrected chi connectivity index (χ2v) is 7.47. The van der Waals surface area contributed by atoms with Gasteiger partial charge in [0.2, 0.25) is 0 Å². The van der Waals surface area contributed by atoms with Crippen molar-refractivity contribution in [1.82, 2.24) is 0 Å². The van der Waals surface area contributed by atoms with Gasteiger partial charge in [0.05, 0.1) is 10.6 Å². The fraction of sp³-hybridized carbons (Fsp3) is 0.235. The Hall–Kier alpha value is -2.94. The number of para-hydroxylation sites is 1. The number of hydrogen-bond acceptors (Lipinski definition) is 5. The highest BCUT2D eigenvalue weighted by atomic mass is 32.2. The molecule has 0 aliphatic rings. The molecule has 26 heavy (non-hydrogen) atoms. The highest BCUT2D eigenvalue weighted by Gasteiger charge is 2.31. The quantitative estimate of drug-likeness (QED) is 0.557. The number of hydrogen-bond donors (Lipinski definition) is 1. The third-order valence-electron chi connectivity index (χ3n) is 3.70. The van der Waals surface area contributed by atoms with E-state index in [0.29, 0.717) is 5.69 Å². The Morgan fingerprint density at radius 3 is 2.35 bits per heavy atom. The predicted molar refractivity (Wildman–Crippen MR) is 95.7 cm³/mol. The molecule has 0 aromatic heterocycles. The zero-order chi connectivity index (χ0) is 19.3. The van der Waals surface area contributed by atoms with Gasteiger partial charge in [0.25, 0.3) is 15.7 Å². The van der Waals surface area contributed by atoms with Gasteiger partial charge in [0.15, 0.2) is 4.90 Å². The topological polar surface area (TPSA) is 118 Å². The maximum Gasteiger partial charge on any atom is 0.303 e. The summed E-state index contributed by atoms with van der Waals surface area (Å²) >= 11 is 0. The van der Waals surface area contributed by atoms with E-state index in [2.05, 4.69) is 0 Å². The van der Waals surface area contributed by atoms with E-state index in [1.807, 2.05) is 6.92 Å². The van der Waals surface area contributed by atoms with E-state index in [1.54, 1.807) is 24.3 Å². The molecule has 0 aliphatic heterocycles. The molecule has 138 valence electrons. The molecule has 0 amide bonds. The number of nitro benzene ring substituents is 1. The van der Waals surface area contributed by atoms with E-state index in [4.69, 9.17) is 5.11 Å². The maximum absolute atomic E-state index is 13.1. The summed E-state index contributed by atoms with van der Waals surface area (Å²) in [5.74, 6) is -1.04. The van der Waals surface area contributed by atoms with Gasteiger partial charge in [0.1, 0.15) is 0 Å². The van der Waals surface area contributed by atoms with E-state index >= 15 is 0 Å². The predicted octanol–water partition coefficient (Wildman–Crippen LogP) is 2.96. The Bertz CT molecular complexity index is 909. The van der Waals surface area contributed by atoms with Crippen molar-refractivity contribution in [3.8, 4) is 0 Å². The molecular weight excluding hydrogens is 360 g/mol. The number of sulfonamides is 1. The lowest BCUT2D eigenvalue weighted by atomic mass is 10.2. The lowest BCUT2D eigenvalue weighted by Crippen LogP contribution is -2.32. The van der Waals surface area contributed by atoms with Crippen molar-refractivity contribution in [3.05, 3.63) is 64.2 Å². The summed E-state index contributed by atoms with van der Waals surface area (Å²) in [6, 6.07) is 11.7. The van der Waals surface area contributed by atoms with Crippen molar-refractivity contribution in [3.63, 3.8) is 0 Å². The van der Waals surface area contributed by atoms with Crippen LogP contribution in [-0.2, 0) is 14.8 Å². The summed E-state index contributed by atoms with van der Waals surface area (Å²) in [6.45, 7) is 1.73. The Labute approximate surface area is 150 Å². The number of benzene rings is 2. The molecule has 9 heteroatoms. The van der Waals surface area contributed by atoms with Gasteiger partial charge in [-0.15, -0.1) is 0 Å². The Morgan fingerprint density at radius 2 is 1.77 bits per heavy atom. The van der Waals surface area contributed by atoms with E-state index in [1.165, 1.54) is 18.2 Å². The van der Waals surface area contributed by atoms with Crippen LogP contribution in [-0.4, -0.2) is 31.0 Å². The third-order valence-corrected chi connectivity index (χ3v) is 5.58. The van der Waals surface area contributed by atoms with Crippen LogP contribution in [0.4, 0.5) is 11.4 Å². The van der Waals surface area contributed by atoms with Crippen LogP contribution in [0, 0.1) is 17.0 Å². The molecule has 0 unspecified atom stereocenters. The van der Waals surface area contributed by atoms with Crippen molar-refractivity contribution in [1.29, 1.82) is 0 Å². The molecule has 0 aliphatic carbocycles. The molecule has 0 atom stereocenters. The van der Waals surface area contributed by atoms with Gasteiger partial charge < -0.3 is 5.11 Å². The Kier molecular flexibility index (Phi) is 5.93. The first-order valence-electron chi connectivity index (χ1n) is 7.78. The molecule has 8 nitrogen and oxygen atoms in total. The SMILES string of the molecule is Cc1ccc(N(CCCC(=O)O)S(=O)(=O)c2ccccc2[N+](=O)[O-])cc1. The third kappa shape index (κ3) is 4.37. The van der Waals surface area contributed by atoms with Crippen LogP contribution >= 0.6 is 0 Å². The van der Waals surface area contributed by atoms with Gasteiger partial charge in [-0.05, 0) is 31.5 Å². The second kappa shape index (κ2) is 7.96. The largest absolute Gasteiger partial charge is 0.481 e. The number of aliphatic carboxylic acids is 1. The lowest BCUT2D eigenvalue weighted by Gasteiger charge is -2.24. The fourth-order valence-corrected chi connectivity index (χ4v) is 4.08. The van der Waals surface area contributed by atoms with Crippen LogP contribution in [0.1, 0.15) is 18.4 Å². The molecule has 1 N–H and O–H groups in total. The summed E-state index contributed by atoms with van der Waals surface area (Å²) in [5.41, 5.74) is 0.712. The maximum atomic E-state index is 13.1. The summed E-state index contributed by atoms with van der Waals surface area (Å²) in [5, 5.41) is 20.0. The smallest absolute Gasteiger partial charge is 0.303 e. The lowest BCUT2D eigenvalue weighted by molar-refractivity contribution is -0.387. The first-order valence-corrected chi connectivity index (χ1v) is 9.22. The van der Waals surface area contributed by atoms with E-state index in [-0.39, 0.29) is 19.4 Å². The number of anilines is 1. The number of rotatable bonds is 8. The zero-order valence-corrected chi connectivity index (χ0v) is 14.8. The van der Waals surface area contributed by atoms with Crippen LogP contribution in [0.25, 0.3) is 0 Å². The fourth-order valence-electron chi connectivity index (χ4n) is 2.42. The summed E-state index contributed by atoms with van der Waals surface area (Å²) < 4.78 is 27.2. The van der Waals surface area contributed by atoms with Gasteiger partial charge in [-0.1, -0.05) is 29.8 Å². The van der Waals surface area contributed by atoms with Crippen LogP contribution < -0.4 is 4.31 Å². The first-order chi connectivity index (χ1) is 12.2. The first kappa shape index (κ1) is 19.4. The van der Waals surface area contributed by atoms with E-state index in [0.717, 1.165) is 15.9 Å². The summed E-state index contributed by atoms with van der Waals surface area (Å²) in [4.78, 5) is 20.8. The molecule has 0 saturated heterocycles. The monoisotopic (exact) mass is 378 g/mol. The summed E-state index contributed by atoms with van der Waals surface area (Å²) in [6.07, 6.45) is -0.141. The highest BCUT2D eigenvalue weighted by Crippen LogP contribution is 2.30. The number of nitrogens with zero attached hydrogens (tertiary/aromatic N) is 2. The van der Waals surface area contributed by atoms with Crippen molar-refractivity contribution in [2.24, 2.45) is 0 Å². The Balaban J connectivity index is 2.51. The minimum Gasteiger partial charge on any atom is -0.481 e. The number of carbonyl (C=O) groups is 1. The van der Waals surface area contributed by atoms with Crippen LogP contribution in [0.5, 0.6) is 0 Å². The van der Waals surface area contributed by atoms with Crippen LogP contribution in [0.15, 0.2) is 53.4 Å². The molecule has 2 aromatic carbocycles. The van der Waals surface area contributed by atoms with Gasteiger partial charge >= 0.3 is 5.97 Å². The van der Waals surface area contributed by atoms with Gasteiger partial charge in [-0.25, -0.2) is 8.42 Å². The number of nitro groups is 1.